The van der Waals surface area contributed by atoms with Gasteiger partial charge in [0.1, 0.15) is 29.3 Å². The molecule has 4 atom stereocenters. The third kappa shape index (κ3) is 7.67. The molecule has 1 unspecified atom stereocenters. The quantitative estimate of drug-likeness (QED) is 0.0743. The SMILES string of the molecule is COC(=O)CCC(C(=O)N1[C@H](c2ncc(-c3ccc4c(c3)cc3n4C(c4ccc(C5CC5)s4)Oc4cc(-c5cnc([C@@H]6CCCN6C(=O)[C@@H](NC(=O)OC)C(C)C)[nH]5)cc(F)c4-3)[nH]2)CC23CC12C3)=C1CCOCC1. The highest BCUT2D eigenvalue weighted by Gasteiger charge is 2.91. The number of ether oxygens (including phenoxy) is 4. The standard InChI is InChI=1S/C56H59FN8O8S/c1-29(2)48(62-54(69)71-4)52(68)63-17-5-6-40(63)49-58-26-38(61-49)33-21-36(57)47-41-22-34-20-32(9-11-39(34)64(41)53(73-43(47)23-33)45-13-12-44(74-45)31-7-8-31)37-25-59-50(60-37)42-24-55-27-56(55,28-55)65(42)51(67)35(10-14-46(66)70-3)30-15-18-72-19-16-30/h9,11-13,20-23,25-26,29,31,40,42,48,53H,5-8,10,14-19,24,27-28H2,1-4H3,(H,58,61)(H,59,60)(H,62,69)/t40-,42-,48-,53?,55?,56?/m0/s1. The number of imidazole rings is 2. The minimum absolute atomic E-state index is 0.00327. The summed E-state index contributed by atoms with van der Waals surface area (Å²) in [5.74, 6) is 1.14. The van der Waals surface area contributed by atoms with Gasteiger partial charge in [-0.25, -0.2) is 19.2 Å². The van der Waals surface area contributed by atoms with Crippen LogP contribution in [0.1, 0.15) is 130 Å². The molecular weight excluding hydrogens is 964 g/mol. The van der Waals surface area contributed by atoms with E-state index in [0.29, 0.717) is 85.4 Å². The first-order valence-electron chi connectivity index (χ1n) is 26.1. The number of rotatable bonds is 13. The van der Waals surface area contributed by atoms with Gasteiger partial charge in [0.05, 0.1) is 90.5 Å². The van der Waals surface area contributed by atoms with Gasteiger partial charge in [0.15, 0.2) is 0 Å². The number of fused-ring (bicyclic) bond motifs is 5. The van der Waals surface area contributed by atoms with E-state index in [1.165, 1.54) is 38.0 Å². The summed E-state index contributed by atoms with van der Waals surface area (Å²) >= 11 is 1.74. The Labute approximate surface area is 431 Å². The third-order valence-electron chi connectivity index (χ3n) is 17.0. The molecule has 0 radical (unpaired) electrons. The minimum Gasteiger partial charge on any atom is -0.469 e. The number of hydrogen-bond acceptors (Lipinski definition) is 11. The predicted octanol–water partition coefficient (Wildman–Crippen LogP) is 10.0. The highest BCUT2D eigenvalue weighted by molar-refractivity contribution is 7.12. The van der Waals surface area contributed by atoms with E-state index in [0.717, 1.165) is 69.7 Å². The van der Waals surface area contributed by atoms with Crippen LogP contribution in [0.2, 0.25) is 0 Å². The average molecular weight is 1020 g/mol. The summed E-state index contributed by atoms with van der Waals surface area (Å²) in [6.45, 7) is 5.39. The average Bonchev–Trinajstić information content (AvgIpc) is 4.19. The summed E-state index contributed by atoms with van der Waals surface area (Å²) in [5, 5.41) is 3.61. The summed E-state index contributed by atoms with van der Waals surface area (Å²) < 4.78 is 41.5. The zero-order valence-corrected chi connectivity index (χ0v) is 42.7. The van der Waals surface area contributed by atoms with Crippen molar-refractivity contribution in [2.24, 2.45) is 11.3 Å². The van der Waals surface area contributed by atoms with Gasteiger partial charge < -0.3 is 44.0 Å². The predicted molar refractivity (Wildman–Crippen MR) is 272 cm³/mol. The number of nitrogens with one attached hydrogen (secondary N) is 3. The van der Waals surface area contributed by atoms with Crippen LogP contribution in [0.15, 0.2) is 72.1 Å². The fraction of sp³-hybridized carbons (Fsp3) is 0.464. The summed E-state index contributed by atoms with van der Waals surface area (Å²) in [4.78, 5) is 76.1. The molecule has 74 heavy (non-hydrogen) atoms. The van der Waals surface area contributed by atoms with E-state index < -0.39 is 24.2 Å². The number of carbonyl (C=O) groups is 4. The van der Waals surface area contributed by atoms with Crippen molar-refractivity contribution in [1.29, 1.82) is 0 Å². The summed E-state index contributed by atoms with van der Waals surface area (Å²) in [7, 11) is 2.65. The molecule has 3 N–H and O–H groups in total. The molecule has 8 heterocycles. The molecule has 16 nitrogen and oxygen atoms in total. The van der Waals surface area contributed by atoms with Crippen LogP contribution in [-0.4, -0.2) is 104 Å². The first-order chi connectivity index (χ1) is 35.9. The molecule has 0 spiro atoms. The number of likely N-dealkylation sites (tertiary alicyclic amines) is 2. The zero-order valence-electron chi connectivity index (χ0n) is 41.9. The van der Waals surface area contributed by atoms with Crippen molar-refractivity contribution in [2.75, 3.05) is 34.0 Å². The Morgan fingerprint density at radius 2 is 1.64 bits per heavy atom. The highest BCUT2D eigenvalue weighted by atomic mass is 32.1. The van der Waals surface area contributed by atoms with Crippen LogP contribution in [0.25, 0.3) is 44.7 Å². The van der Waals surface area contributed by atoms with Gasteiger partial charge >= 0.3 is 12.1 Å². The maximum Gasteiger partial charge on any atom is 0.407 e. The Bertz CT molecular complexity index is 3310. The molecule has 18 heteroatoms. The molecule has 3 saturated carbocycles. The monoisotopic (exact) mass is 1020 g/mol. The number of H-pyrrole nitrogens is 2. The summed E-state index contributed by atoms with van der Waals surface area (Å²) in [6.07, 6.45) is 10.8. The molecule has 384 valence electrons. The second-order valence-electron chi connectivity index (χ2n) is 21.7. The number of benzene rings is 2. The van der Waals surface area contributed by atoms with E-state index in [1.54, 1.807) is 22.4 Å². The van der Waals surface area contributed by atoms with Crippen molar-refractivity contribution in [1.82, 2.24) is 39.6 Å². The summed E-state index contributed by atoms with van der Waals surface area (Å²) in [6, 6.07) is 14.6. The van der Waals surface area contributed by atoms with Gasteiger partial charge in [0, 0.05) is 45.3 Å². The van der Waals surface area contributed by atoms with Crippen LogP contribution in [0.4, 0.5) is 9.18 Å². The van der Waals surface area contributed by atoms with Crippen molar-refractivity contribution in [3.05, 3.63) is 99.3 Å². The Balaban J connectivity index is 0.814. The maximum absolute atomic E-state index is 17.0. The lowest BCUT2D eigenvalue weighted by atomic mass is 9.93. The van der Waals surface area contributed by atoms with Crippen LogP contribution in [0.3, 0.4) is 0 Å². The molecule has 6 fully saturated rings. The molecule has 6 aromatic rings. The van der Waals surface area contributed by atoms with Crippen LogP contribution >= 0.6 is 11.3 Å². The molecule has 3 amide bonds. The molecule has 3 aliphatic carbocycles. The van der Waals surface area contributed by atoms with Crippen molar-refractivity contribution >= 4 is 46.1 Å². The number of methoxy groups -OCH3 is 2. The van der Waals surface area contributed by atoms with Gasteiger partial charge in [0.2, 0.25) is 12.1 Å². The van der Waals surface area contributed by atoms with Crippen LogP contribution < -0.4 is 10.1 Å². The molecule has 7 aliphatic rings. The van der Waals surface area contributed by atoms with E-state index in [-0.39, 0.29) is 53.2 Å². The normalized spacial score (nSPS) is 24.7. The molecule has 13 rings (SSSR count). The number of esters is 1. The van der Waals surface area contributed by atoms with E-state index in [4.69, 9.17) is 28.9 Å². The number of carbonyl (C=O) groups excluding carboxylic acids is 4. The fourth-order valence-electron chi connectivity index (χ4n) is 12.8. The van der Waals surface area contributed by atoms with Gasteiger partial charge in [-0.15, -0.1) is 11.3 Å². The third-order valence-corrected chi connectivity index (χ3v) is 18.3. The molecular formula is C56H59FN8O8S. The Morgan fingerprint density at radius 1 is 0.892 bits per heavy atom. The topological polar surface area (TPSA) is 186 Å². The fourth-order valence-corrected chi connectivity index (χ4v) is 14.0. The lowest BCUT2D eigenvalue weighted by Gasteiger charge is -2.34. The molecule has 4 aliphatic heterocycles. The number of amides is 3. The first kappa shape index (κ1) is 47.0. The minimum atomic E-state index is -0.768. The van der Waals surface area contributed by atoms with Gasteiger partial charge in [-0.2, -0.15) is 0 Å². The number of piperidine rings is 2. The van der Waals surface area contributed by atoms with E-state index >= 15 is 4.39 Å². The van der Waals surface area contributed by atoms with E-state index in [2.05, 4.69) is 55.1 Å². The Kier molecular flexibility index (Phi) is 11.2. The van der Waals surface area contributed by atoms with Gasteiger partial charge in [0.25, 0.3) is 5.91 Å². The zero-order chi connectivity index (χ0) is 50.8. The lowest BCUT2D eigenvalue weighted by Crippen LogP contribution is -2.51. The number of thiophene rings is 1. The molecule has 0 bridgehead atoms. The Hall–Kier alpha value is -6.79. The van der Waals surface area contributed by atoms with Gasteiger partial charge in [-0.3, -0.25) is 19.0 Å². The van der Waals surface area contributed by atoms with Gasteiger partial charge in [-0.05, 0) is 119 Å². The van der Waals surface area contributed by atoms with Crippen LogP contribution in [-0.2, 0) is 28.6 Å². The number of aromatic amines is 2. The summed E-state index contributed by atoms with van der Waals surface area (Å²) in [5.41, 5.74) is 6.60. The Morgan fingerprint density at radius 3 is 2.36 bits per heavy atom. The number of alkyl carbamates (subject to hydrolysis) is 1. The highest BCUT2D eigenvalue weighted by Crippen LogP contribution is 2.89. The van der Waals surface area contributed by atoms with Crippen molar-refractivity contribution in [3.8, 4) is 39.5 Å². The lowest BCUT2D eigenvalue weighted by molar-refractivity contribution is -0.140. The van der Waals surface area contributed by atoms with Crippen molar-refractivity contribution in [3.63, 3.8) is 0 Å². The number of halogens is 1. The second-order valence-corrected chi connectivity index (χ2v) is 22.9. The maximum atomic E-state index is 17.0. The van der Waals surface area contributed by atoms with Crippen molar-refractivity contribution < 1.29 is 42.5 Å². The number of aromatic nitrogens is 5. The smallest absolute Gasteiger partial charge is 0.407 e. The van der Waals surface area contributed by atoms with E-state index in [9.17, 15) is 19.2 Å². The van der Waals surface area contributed by atoms with Crippen LogP contribution in [0.5, 0.6) is 5.75 Å². The number of hydrogen-bond donors (Lipinski definition) is 3. The van der Waals surface area contributed by atoms with Crippen molar-refractivity contribution in [2.45, 2.75) is 120 Å². The second kappa shape index (κ2) is 17.7. The molecule has 4 aromatic heterocycles. The number of nitrogens with zero attached hydrogens (tertiary/aromatic N) is 5. The van der Waals surface area contributed by atoms with Gasteiger partial charge in [-0.1, -0.05) is 25.5 Å². The first-order valence-corrected chi connectivity index (χ1v) is 26.9. The molecule has 3 saturated heterocycles. The molecule has 2 aromatic carbocycles. The van der Waals surface area contributed by atoms with Crippen LogP contribution in [0, 0.1) is 17.2 Å². The van der Waals surface area contributed by atoms with E-state index in [1.807, 2.05) is 32.2 Å². The largest absolute Gasteiger partial charge is 0.469 e.